The van der Waals surface area contributed by atoms with Gasteiger partial charge in [0.05, 0.1) is 51.2 Å². The maximum absolute atomic E-state index is 6.18. The Morgan fingerprint density at radius 3 is 2.82 bits per heavy atom. The number of ether oxygens (including phenoxy) is 4. The van der Waals surface area contributed by atoms with Gasteiger partial charge in [0.1, 0.15) is 0 Å². The summed E-state index contributed by atoms with van der Waals surface area (Å²) in [6, 6.07) is 4.24. The second-order valence-corrected chi connectivity index (χ2v) is 9.56. The predicted octanol–water partition coefficient (Wildman–Crippen LogP) is 3.81. The van der Waals surface area contributed by atoms with Crippen LogP contribution in [-0.2, 0) is 22.3 Å². The largest absolute Gasteiger partial charge is 0.493 e. The SMILES string of the molecule is COc1cc2c(NC3COCC(C)OC3)c3c(nc2cc1OCCCN1CCCC1)CCC3. The minimum Gasteiger partial charge on any atom is -0.493 e. The summed E-state index contributed by atoms with van der Waals surface area (Å²) in [5, 5.41) is 4.83. The fourth-order valence-corrected chi connectivity index (χ4v) is 5.22. The lowest BCUT2D eigenvalue weighted by Crippen LogP contribution is -2.29. The molecule has 7 heteroatoms. The van der Waals surface area contributed by atoms with Crippen molar-refractivity contribution in [3.63, 3.8) is 0 Å². The van der Waals surface area contributed by atoms with Gasteiger partial charge in [0.2, 0.25) is 0 Å². The molecule has 1 aromatic heterocycles. The van der Waals surface area contributed by atoms with Crippen LogP contribution in [0, 0.1) is 0 Å². The number of hydrogen-bond donors (Lipinski definition) is 1. The van der Waals surface area contributed by atoms with Gasteiger partial charge in [-0.3, -0.25) is 4.98 Å². The fourth-order valence-electron chi connectivity index (χ4n) is 5.22. The van der Waals surface area contributed by atoms with E-state index in [4.69, 9.17) is 23.9 Å². The van der Waals surface area contributed by atoms with Crippen LogP contribution in [0.2, 0.25) is 0 Å². The highest BCUT2D eigenvalue weighted by molar-refractivity contribution is 5.96. The summed E-state index contributed by atoms with van der Waals surface area (Å²) >= 11 is 0. The standard InChI is InChI=1S/C26H37N3O4/c1-18-15-31-16-19(17-33-18)27-26-20-7-5-8-22(20)28-23-14-25(24(30-2)13-21(23)26)32-12-6-11-29-9-3-4-10-29/h13-14,18-19H,3-12,15-17H2,1-2H3,(H,27,28). The van der Waals surface area contributed by atoms with Crippen LogP contribution < -0.4 is 14.8 Å². The summed E-state index contributed by atoms with van der Waals surface area (Å²) in [6.45, 7) is 8.19. The van der Waals surface area contributed by atoms with Gasteiger partial charge in [-0.1, -0.05) is 0 Å². The number of benzene rings is 1. The Hall–Kier alpha value is -2.09. The van der Waals surface area contributed by atoms with Crippen LogP contribution in [-0.4, -0.2) is 75.2 Å². The van der Waals surface area contributed by atoms with Crippen molar-refractivity contribution in [2.75, 3.05) is 58.5 Å². The van der Waals surface area contributed by atoms with E-state index < -0.39 is 0 Å². The zero-order valence-electron chi connectivity index (χ0n) is 20.0. The zero-order chi connectivity index (χ0) is 22.6. The first-order valence-electron chi connectivity index (χ1n) is 12.6. The maximum Gasteiger partial charge on any atom is 0.163 e. The molecule has 0 saturated carbocycles. The predicted molar refractivity (Wildman–Crippen MR) is 130 cm³/mol. The second kappa shape index (κ2) is 10.5. The van der Waals surface area contributed by atoms with Crippen molar-refractivity contribution >= 4 is 16.6 Å². The van der Waals surface area contributed by atoms with E-state index in [-0.39, 0.29) is 12.1 Å². The van der Waals surface area contributed by atoms with Gasteiger partial charge < -0.3 is 29.2 Å². The van der Waals surface area contributed by atoms with E-state index in [1.165, 1.54) is 37.2 Å². The molecule has 2 atom stereocenters. The molecule has 1 N–H and O–H groups in total. The Bertz CT molecular complexity index is 960. The van der Waals surface area contributed by atoms with Gasteiger partial charge >= 0.3 is 0 Å². The lowest BCUT2D eigenvalue weighted by Gasteiger charge is -2.22. The van der Waals surface area contributed by atoms with Gasteiger partial charge in [0, 0.05) is 29.4 Å². The molecule has 1 aliphatic carbocycles. The molecular formula is C26H37N3O4. The number of nitrogens with one attached hydrogen (secondary N) is 1. The molecule has 0 spiro atoms. The Morgan fingerprint density at radius 1 is 1.09 bits per heavy atom. The van der Waals surface area contributed by atoms with Gasteiger partial charge in [-0.05, 0) is 70.2 Å². The zero-order valence-corrected chi connectivity index (χ0v) is 20.0. The molecular weight excluding hydrogens is 418 g/mol. The number of methoxy groups -OCH3 is 1. The molecule has 2 aliphatic heterocycles. The van der Waals surface area contributed by atoms with E-state index in [0.717, 1.165) is 60.3 Å². The fraction of sp³-hybridized carbons (Fsp3) is 0.654. The highest BCUT2D eigenvalue weighted by Crippen LogP contribution is 2.40. The Balaban J connectivity index is 1.38. The molecule has 5 rings (SSSR count). The van der Waals surface area contributed by atoms with Crippen molar-refractivity contribution < 1.29 is 18.9 Å². The van der Waals surface area contributed by atoms with Gasteiger partial charge in [-0.25, -0.2) is 0 Å². The first kappa shape index (κ1) is 22.7. The number of hydrogen-bond acceptors (Lipinski definition) is 7. The van der Waals surface area contributed by atoms with E-state index in [1.54, 1.807) is 7.11 Å². The average molecular weight is 456 g/mol. The monoisotopic (exact) mass is 455 g/mol. The molecule has 2 saturated heterocycles. The van der Waals surface area contributed by atoms with Crippen LogP contribution in [0.3, 0.4) is 0 Å². The summed E-state index contributed by atoms with van der Waals surface area (Å²) in [5.74, 6) is 1.53. The quantitative estimate of drug-likeness (QED) is 0.607. The van der Waals surface area contributed by atoms with Crippen molar-refractivity contribution in [3.8, 4) is 11.5 Å². The van der Waals surface area contributed by atoms with E-state index in [0.29, 0.717) is 26.4 Å². The van der Waals surface area contributed by atoms with Gasteiger partial charge in [0.15, 0.2) is 11.5 Å². The van der Waals surface area contributed by atoms with E-state index in [2.05, 4.69) is 29.3 Å². The maximum atomic E-state index is 6.18. The van der Waals surface area contributed by atoms with Gasteiger partial charge in [-0.2, -0.15) is 0 Å². The highest BCUT2D eigenvalue weighted by atomic mass is 16.5. The van der Waals surface area contributed by atoms with E-state index >= 15 is 0 Å². The minimum absolute atomic E-state index is 0.109. The summed E-state index contributed by atoms with van der Waals surface area (Å²) in [6.07, 6.45) is 7.00. The summed E-state index contributed by atoms with van der Waals surface area (Å²) in [4.78, 5) is 7.54. The number of anilines is 1. The van der Waals surface area contributed by atoms with Crippen LogP contribution in [0.5, 0.6) is 11.5 Å². The average Bonchev–Trinajstić information content (AvgIpc) is 3.47. The van der Waals surface area contributed by atoms with E-state index in [1.807, 2.05) is 0 Å². The van der Waals surface area contributed by atoms with Crippen molar-refractivity contribution in [1.29, 1.82) is 0 Å². The summed E-state index contributed by atoms with van der Waals surface area (Å²) in [5.41, 5.74) is 4.62. The number of fused-ring (bicyclic) bond motifs is 2. The number of pyridine rings is 1. The van der Waals surface area contributed by atoms with Crippen molar-refractivity contribution in [2.45, 2.75) is 57.6 Å². The van der Waals surface area contributed by atoms with Crippen LogP contribution in [0.25, 0.3) is 10.9 Å². The number of rotatable bonds is 8. The molecule has 0 radical (unpaired) electrons. The van der Waals surface area contributed by atoms with Gasteiger partial charge in [0.25, 0.3) is 0 Å². The Labute approximate surface area is 196 Å². The number of aromatic nitrogens is 1. The molecule has 3 aliphatic rings. The number of nitrogens with zero attached hydrogens (tertiary/aromatic N) is 2. The minimum atomic E-state index is 0.109. The normalized spacial score (nSPS) is 23.5. The van der Waals surface area contributed by atoms with Crippen LogP contribution in [0.15, 0.2) is 12.1 Å². The molecule has 7 nitrogen and oxygen atoms in total. The molecule has 1 aromatic carbocycles. The lowest BCUT2D eigenvalue weighted by molar-refractivity contribution is 0.0381. The third kappa shape index (κ3) is 5.20. The third-order valence-electron chi connectivity index (χ3n) is 6.97. The second-order valence-electron chi connectivity index (χ2n) is 9.56. The first-order chi connectivity index (χ1) is 16.2. The van der Waals surface area contributed by atoms with Crippen LogP contribution in [0.4, 0.5) is 5.69 Å². The summed E-state index contributed by atoms with van der Waals surface area (Å²) < 4.78 is 23.7. The highest BCUT2D eigenvalue weighted by Gasteiger charge is 2.25. The van der Waals surface area contributed by atoms with E-state index in [9.17, 15) is 0 Å². The number of likely N-dealkylation sites (tertiary alicyclic amines) is 1. The molecule has 3 heterocycles. The molecule has 2 fully saturated rings. The summed E-state index contributed by atoms with van der Waals surface area (Å²) in [7, 11) is 1.71. The number of aryl methyl sites for hydroxylation is 1. The van der Waals surface area contributed by atoms with Crippen LogP contribution in [0.1, 0.15) is 43.9 Å². The lowest BCUT2D eigenvalue weighted by atomic mass is 10.0. The van der Waals surface area contributed by atoms with Crippen molar-refractivity contribution in [2.24, 2.45) is 0 Å². The molecule has 33 heavy (non-hydrogen) atoms. The first-order valence-corrected chi connectivity index (χ1v) is 12.6. The van der Waals surface area contributed by atoms with Gasteiger partial charge in [-0.15, -0.1) is 0 Å². The smallest absolute Gasteiger partial charge is 0.163 e. The molecule has 180 valence electrons. The van der Waals surface area contributed by atoms with Crippen molar-refractivity contribution in [1.82, 2.24) is 9.88 Å². The topological polar surface area (TPSA) is 65.1 Å². The molecule has 2 aromatic rings. The Morgan fingerprint density at radius 2 is 1.97 bits per heavy atom. The third-order valence-corrected chi connectivity index (χ3v) is 6.97. The van der Waals surface area contributed by atoms with Crippen LogP contribution >= 0.6 is 0 Å². The Kier molecular flexibility index (Phi) is 7.19. The molecule has 0 bridgehead atoms. The van der Waals surface area contributed by atoms with Crippen molar-refractivity contribution in [3.05, 3.63) is 23.4 Å². The molecule has 0 amide bonds. The molecule has 2 unspecified atom stereocenters.